The van der Waals surface area contributed by atoms with E-state index < -0.39 is 10.0 Å². The van der Waals surface area contributed by atoms with Crippen LogP contribution in [-0.2, 0) is 16.6 Å². The van der Waals surface area contributed by atoms with E-state index in [0.29, 0.717) is 16.4 Å². The van der Waals surface area contributed by atoms with Gasteiger partial charge in [0.25, 0.3) is 10.0 Å². The van der Waals surface area contributed by atoms with Gasteiger partial charge in [0.05, 0.1) is 5.69 Å². The van der Waals surface area contributed by atoms with Crippen LogP contribution in [0.15, 0.2) is 45.5 Å². The topological polar surface area (TPSA) is 58.2 Å². The first-order valence-corrected chi connectivity index (χ1v) is 10.0. The van der Waals surface area contributed by atoms with Crippen molar-refractivity contribution in [1.29, 1.82) is 0 Å². The van der Waals surface area contributed by atoms with Gasteiger partial charge in [-0.1, -0.05) is 19.1 Å². The molecule has 4 nitrogen and oxygen atoms in total. The number of sulfonamides is 1. The Balaban J connectivity index is 2.20. The van der Waals surface area contributed by atoms with E-state index in [-0.39, 0.29) is 0 Å². The van der Waals surface area contributed by atoms with Crippen molar-refractivity contribution in [3.05, 3.63) is 41.3 Å². The number of hydrogen-bond donors (Lipinski definition) is 2. The van der Waals surface area contributed by atoms with Crippen LogP contribution in [0.5, 0.6) is 0 Å². The third-order valence-corrected chi connectivity index (χ3v) is 6.54. The Labute approximate surface area is 134 Å². The van der Waals surface area contributed by atoms with Crippen molar-refractivity contribution >= 4 is 38.8 Å². The maximum atomic E-state index is 12.4. The second kappa shape index (κ2) is 7.31. The quantitative estimate of drug-likeness (QED) is 0.757. The lowest BCUT2D eigenvalue weighted by Crippen LogP contribution is -2.12. The number of hydrogen-bond acceptors (Lipinski definition) is 5. The molecule has 1 heterocycles. The maximum absolute atomic E-state index is 12.4. The van der Waals surface area contributed by atoms with Gasteiger partial charge in [-0.3, -0.25) is 4.72 Å². The number of thioether (sulfide) groups is 1. The number of thiophene rings is 1. The highest BCUT2D eigenvalue weighted by Crippen LogP contribution is 2.29. The third-order valence-electron chi connectivity index (χ3n) is 2.80. The minimum Gasteiger partial charge on any atom is -0.312 e. The predicted octanol–water partition coefficient (Wildman–Crippen LogP) is 3.38. The molecule has 2 rings (SSSR count). The van der Waals surface area contributed by atoms with Crippen LogP contribution in [0, 0.1) is 0 Å². The number of anilines is 1. The van der Waals surface area contributed by atoms with Gasteiger partial charge in [0.15, 0.2) is 0 Å². The maximum Gasteiger partial charge on any atom is 0.271 e. The summed E-state index contributed by atoms with van der Waals surface area (Å²) in [4.78, 5) is 1.92. The summed E-state index contributed by atoms with van der Waals surface area (Å²) in [7, 11) is -3.52. The Hall–Kier alpha value is -1.02. The summed E-state index contributed by atoms with van der Waals surface area (Å²) < 4.78 is 27.9. The predicted molar refractivity (Wildman–Crippen MR) is 90.7 cm³/mol. The van der Waals surface area contributed by atoms with Crippen LogP contribution in [0.4, 0.5) is 5.69 Å². The van der Waals surface area contributed by atoms with Crippen LogP contribution < -0.4 is 10.0 Å². The lowest BCUT2D eigenvalue weighted by atomic mass is 10.3. The first-order valence-electron chi connectivity index (χ1n) is 6.52. The standard InChI is InChI=1S/C14H18N2O2S3/c1-3-15-10-11-8-9-14(20-11)21(17,18)16-12-6-4-5-7-13(12)19-2/h4-9,15-16H,3,10H2,1-2H3. The second-order valence-electron chi connectivity index (χ2n) is 4.31. The molecule has 0 amide bonds. The molecule has 2 N–H and O–H groups in total. The smallest absolute Gasteiger partial charge is 0.271 e. The van der Waals surface area contributed by atoms with Gasteiger partial charge in [-0.25, -0.2) is 8.42 Å². The molecule has 0 radical (unpaired) electrons. The first kappa shape index (κ1) is 16.4. The molecule has 0 saturated heterocycles. The zero-order valence-corrected chi connectivity index (χ0v) is 14.4. The van der Waals surface area contributed by atoms with E-state index in [1.165, 1.54) is 23.1 Å². The summed E-state index contributed by atoms with van der Waals surface area (Å²) in [5, 5.41) is 3.19. The number of benzene rings is 1. The van der Waals surface area contributed by atoms with Crippen molar-refractivity contribution in [2.45, 2.75) is 22.6 Å². The summed E-state index contributed by atoms with van der Waals surface area (Å²) in [5.41, 5.74) is 0.617. The fraction of sp³-hybridized carbons (Fsp3) is 0.286. The van der Waals surface area contributed by atoms with Gasteiger partial charge >= 0.3 is 0 Å². The third kappa shape index (κ3) is 4.23. The van der Waals surface area contributed by atoms with Crippen molar-refractivity contribution < 1.29 is 8.42 Å². The monoisotopic (exact) mass is 342 g/mol. The van der Waals surface area contributed by atoms with Crippen LogP contribution in [0.3, 0.4) is 0 Å². The van der Waals surface area contributed by atoms with E-state index >= 15 is 0 Å². The van der Waals surface area contributed by atoms with Crippen molar-refractivity contribution in [2.24, 2.45) is 0 Å². The molecule has 0 spiro atoms. The van der Waals surface area contributed by atoms with E-state index in [2.05, 4.69) is 10.0 Å². The van der Waals surface area contributed by atoms with Crippen molar-refractivity contribution in [3.63, 3.8) is 0 Å². The zero-order valence-electron chi connectivity index (χ0n) is 11.9. The molecule has 0 atom stereocenters. The number of nitrogens with one attached hydrogen (secondary N) is 2. The van der Waals surface area contributed by atoms with Gasteiger partial charge < -0.3 is 5.32 Å². The minimum absolute atomic E-state index is 0.339. The minimum atomic E-state index is -3.52. The number of para-hydroxylation sites is 1. The molecule has 0 bridgehead atoms. The molecule has 0 aliphatic heterocycles. The fourth-order valence-corrected chi connectivity index (χ4v) is 4.79. The highest BCUT2D eigenvalue weighted by Gasteiger charge is 2.18. The molecule has 7 heteroatoms. The molecule has 0 unspecified atom stereocenters. The summed E-state index contributed by atoms with van der Waals surface area (Å²) >= 11 is 2.81. The Morgan fingerprint density at radius 1 is 1.19 bits per heavy atom. The summed E-state index contributed by atoms with van der Waals surface area (Å²) in [6.45, 7) is 3.57. The molecular formula is C14H18N2O2S3. The van der Waals surface area contributed by atoms with Crippen LogP contribution in [0.25, 0.3) is 0 Å². The zero-order chi connectivity index (χ0) is 15.3. The van der Waals surface area contributed by atoms with Crippen molar-refractivity contribution in [2.75, 3.05) is 17.5 Å². The van der Waals surface area contributed by atoms with E-state index in [9.17, 15) is 8.42 Å². The van der Waals surface area contributed by atoms with Gasteiger partial charge in [-0.2, -0.15) is 0 Å². The van der Waals surface area contributed by atoms with E-state index in [4.69, 9.17) is 0 Å². The molecule has 2 aromatic rings. The van der Waals surface area contributed by atoms with Crippen molar-refractivity contribution in [3.8, 4) is 0 Å². The first-order chi connectivity index (χ1) is 10.1. The molecule has 114 valence electrons. The molecule has 21 heavy (non-hydrogen) atoms. The normalized spacial score (nSPS) is 11.5. The average Bonchev–Trinajstić information content (AvgIpc) is 2.95. The van der Waals surface area contributed by atoms with Gasteiger partial charge in [-0.15, -0.1) is 23.1 Å². The molecule has 0 aliphatic rings. The fourth-order valence-electron chi connectivity index (χ4n) is 1.77. The van der Waals surface area contributed by atoms with Gasteiger partial charge in [-0.05, 0) is 37.1 Å². The molecule has 1 aromatic carbocycles. The lowest BCUT2D eigenvalue weighted by Gasteiger charge is -2.09. The molecular weight excluding hydrogens is 324 g/mol. The molecule has 1 aromatic heterocycles. The lowest BCUT2D eigenvalue weighted by molar-refractivity contribution is 0.603. The van der Waals surface area contributed by atoms with E-state index in [1.54, 1.807) is 12.1 Å². The second-order valence-corrected chi connectivity index (χ2v) is 8.23. The average molecular weight is 343 g/mol. The summed E-state index contributed by atoms with van der Waals surface area (Å²) in [6.07, 6.45) is 1.92. The number of rotatable bonds is 7. The van der Waals surface area contributed by atoms with Crippen LogP contribution in [0.2, 0.25) is 0 Å². The van der Waals surface area contributed by atoms with Crippen molar-refractivity contribution in [1.82, 2.24) is 5.32 Å². The SMILES string of the molecule is CCNCc1ccc(S(=O)(=O)Nc2ccccc2SC)s1. The molecule has 0 fully saturated rings. The van der Waals surface area contributed by atoms with Gasteiger partial charge in [0.2, 0.25) is 0 Å². The van der Waals surface area contributed by atoms with Crippen LogP contribution in [0.1, 0.15) is 11.8 Å². The molecule has 0 aliphatic carbocycles. The summed E-state index contributed by atoms with van der Waals surface area (Å²) in [6, 6.07) is 10.9. The Morgan fingerprint density at radius 2 is 1.95 bits per heavy atom. The highest BCUT2D eigenvalue weighted by molar-refractivity contribution is 7.99. The summed E-state index contributed by atoms with van der Waals surface area (Å²) in [5.74, 6) is 0. The highest BCUT2D eigenvalue weighted by atomic mass is 32.2. The Bertz CT molecular complexity index is 696. The molecule has 0 saturated carbocycles. The van der Waals surface area contributed by atoms with E-state index in [0.717, 1.165) is 16.3 Å². The Morgan fingerprint density at radius 3 is 2.67 bits per heavy atom. The Kier molecular flexibility index (Phi) is 5.69. The van der Waals surface area contributed by atoms with Crippen LogP contribution in [-0.4, -0.2) is 21.2 Å². The van der Waals surface area contributed by atoms with Gasteiger partial charge in [0, 0.05) is 16.3 Å². The van der Waals surface area contributed by atoms with Crippen LogP contribution >= 0.6 is 23.1 Å². The largest absolute Gasteiger partial charge is 0.312 e. The van der Waals surface area contributed by atoms with E-state index in [1.807, 2.05) is 37.4 Å². The van der Waals surface area contributed by atoms with Gasteiger partial charge in [0.1, 0.15) is 4.21 Å².